The Morgan fingerprint density at radius 3 is 2.22 bits per heavy atom. The fraction of sp³-hybridized carbons (Fsp3) is 0.150. The van der Waals surface area contributed by atoms with Crippen LogP contribution in [0.15, 0.2) is 59.0 Å². The Labute approximate surface area is 136 Å². The van der Waals surface area contributed by atoms with E-state index in [0.717, 1.165) is 22.4 Å². The Kier molecular flexibility index (Phi) is 4.02. The van der Waals surface area contributed by atoms with Crippen molar-refractivity contribution in [3.05, 3.63) is 77.0 Å². The second-order valence-corrected chi connectivity index (χ2v) is 5.78. The van der Waals surface area contributed by atoms with Crippen molar-refractivity contribution in [3.63, 3.8) is 0 Å². The van der Waals surface area contributed by atoms with Crippen LogP contribution in [0.4, 0.5) is 5.69 Å². The molecule has 0 spiro atoms. The third-order valence-corrected chi connectivity index (χ3v) is 3.70. The number of nitrogens with one attached hydrogen (secondary N) is 1. The van der Waals surface area contributed by atoms with Crippen LogP contribution in [0.1, 0.15) is 27.2 Å². The van der Waals surface area contributed by atoms with Crippen molar-refractivity contribution in [1.82, 2.24) is 0 Å². The molecule has 116 valence electrons. The molecule has 0 fully saturated rings. The summed E-state index contributed by atoms with van der Waals surface area (Å²) in [4.78, 5) is 12.5. The predicted octanol–water partition coefficient (Wildman–Crippen LogP) is 5.12. The molecule has 0 aliphatic heterocycles. The summed E-state index contributed by atoms with van der Waals surface area (Å²) in [6.07, 6.45) is 0. The Morgan fingerprint density at radius 1 is 0.913 bits per heavy atom. The average molecular weight is 305 g/mol. The molecule has 0 unspecified atom stereocenters. The van der Waals surface area contributed by atoms with Crippen LogP contribution in [-0.2, 0) is 0 Å². The summed E-state index contributed by atoms with van der Waals surface area (Å²) in [5, 5.41) is 2.95. The predicted molar refractivity (Wildman–Crippen MR) is 92.8 cm³/mol. The summed E-state index contributed by atoms with van der Waals surface area (Å²) >= 11 is 0. The number of furan rings is 1. The van der Waals surface area contributed by atoms with Gasteiger partial charge in [0.1, 0.15) is 11.5 Å². The molecule has 3 rings (SSSR count). The Balaban J connectivity index is 1.87. The topological polar surface area (TPSA) is 42.2 Å². The molecule has 0 saturated carbocycles. The van der Waals surface area contributed by atoms with E-state index in [4.69, 9.17) is 4.42 Å². The first-order valence-electron chi connectivity index (χ1n) is 7.58. The van der Waals surface area contributed by atoms with Crippen LogP contribution in [-0.4, -0.2) is 5.91 Å². The molecule has 0 atom stereocenters. The smallest absolute Gasteiger partial charge is 0.259 e. The number of amides is 1. The van der Waals surface area contributed by atoms with Gasteiger partial charge in [0.2, 0.25) is 0 Å². The van der Waals surface area contributed by atoms with Gasteiger partial charge in [0.05, 0.1) is 5.56 Å². The van der Waals surface area contributed by atoms with Crippen molar-refractivity contribution in [1.29, 1.82) is 0 Å². The molecule has 2 aromatic carbocycles. The molecular weight excluding hydrogens is 286 g/mol. The summed E-state index contributed by atoms with van der Waals surface area (Å²) in [7, 11) is 0. The van der Waals surface area contributed by atoms with Gasteiger partial charge in [-0.25, -0.2) is 0 Å². The van der Waals surface area contributed by atoms with Gasteiger partial charge in [0, 0.05) is 11.3 Å². The van der Waals surface area contributed by atoms with E-state index in [1.54, 1.807) is 6.07 Å². The van der Waals surface area contributed by atoms with Crippen molar-refractivity contribution in [3.8, 4) is 11.3 Å². The lowest BCUT2D eigenvalue weighted by Gasteiger charge is -2.06. The molecule has 1 aromatic heterocycles. The Morgan fingerprint density at radius 2 is 1.57 bits per heavy atom. The number of rotatable bonds is 3. The van der Waals surface area contributed by atoms with Crippen molar-refractivity contribution >= 4 is 11.6 Å². The fourth-order valence-electron chi connectivity index (χ4n) is 2.70. The van der Waals surface area contributed by atoms with Crippen LogP contribution in [0.5, 0.6) is 0 Å². The number of carbonyl (C=O) groups is 1. The van der Waals surface area contributed by atoms with Gasteiger partial charge >= 0.3 is 0 Å². The quantitative estimate of drug-likeness (QED) is 0.729. The first-order valence-corrected chi connectivity index (χ1v) is 7.58. The van der Waals surface area contributed by atoms with Gasteiger partial charge in [0.15, 0.2) is 0 Å². The van der Waals surface area contributed by atoms with E-state index in [-0.39, 0.29) is 5.91 Å². The van der Waals surface area contributed by atoms with Gasteiger partial charge in [0.25, 0.3) is 5.91 Å². The van der Waals surface area contributed by atoms with E-state index in [2.05, 4.69) is 11.4 Å². The molecule has 0 aliphatic carbocycles. The summed E-state index contributed by atoms with van der Waals surface area (Å²) in [5.41, 5.74) is 4.56. The highest BCUT2D eigenvalue weighted by atomic mass is 16.3. The molecular formula is C20H19NO2. The lowest BCUT2D eigenvalue weighted by Crippen LogP contribution is -2.12. The minimum atomic E-state index is -0.154. The van der Waals surface area contributed by atoms with E-state index in [9.17, 15) is 4.79 Å². The lowest BCUT2D eigenvalue weighted by atomic mass is 10.1. The van der Waals surface area contributed by atoms with Crippen LogP contribution >= 0.6 is 0 Å². The number of hydrogen-bond donors (Lipinski definition) is 1. The van der Waals surface area contributed by atoms with E-state index in [1.807, 2.05) is 63.2 Å². The molecule has 0 aliphatic rings. The van der Waals surface area contributed by atoms with Gasteiger partial charge in [-0.3, -0.25) is 4.79 Å². The van der Waals surface area contributed by atoms with Crippen LogP contribution in [0.2, 0.25) is 0 Å². The molecule has 3 nitrogen and oxygen atoms in total. The maximum atomic E-state index is 12.5. The molecule has 3 heteroatoms. The number of hydrogen-bond acceptors (Lipinski definition) is 2. The first-order chi connectivity index (χ1) is 11.0. The van der Waals surface area contributed by atoms with Gasteiger partial charge < -0.3 is 9.73 Å². The van der Waals surface area contributed by atoms with Crippen molar-refractivity contribution < 1.29 is 9.21 Å². The molecule has 0 bridgehead atoms. The van der Waals surface area contributed by atoms with E-state index >= 15 is 0 Å². The zero-order chi connectivity index (χ0) is 16.4. The SMILES string of the molecule is Cc1cc(C)cc(NC(=O)c2cc(-c3ccccc3)oc2C)c1. The van der Waals surface area contributed by atoms with E-state index in [1.165, 1.54) is 0 Å². The largest absolute Gasteiger partial charge is 0.461 e. The minimum Gasteiger partial charge on any atom is -0.461 e. The van der Waals surface area contributed by atoms with Gasteiger partial charge in [-0.05, 0) is 50.1 Å². The molecule has 23 heavy (non-hydrogen) atoms. The van der Waals surface area contributed by atoms with Crippen LogP contribution < -0.4 is 5.32 Å². The van der Waals surface area contributed by atoms with Crippen LogP contribution in [0.3, 0.4) is 0 Å². The lowest BCUT2D eigenvalue weighted by molar-refractivity contribution is 0.102. The fourth-order valence-corrected chi connectivity index (χ4v) is 2.70. The summed E-state index contributed by atoms with van der Waals surface area (Å²) in [6, 6.07) is 17.6. The number of anilines is 1. The highest BCUT2D eigenvalue weighted by Gasteiger charge is 2.16. The minimum absolute atomic E-state index is 0.154. The standard InChI is InChI=1S/C20H19NO2/c1-13-9-14(2)11-17(10-13)21-20(22)18-12-19(23-15(18)3)16-7-5-4-6-8-16/h4-12H,1-3H3,(H,21,22). The molecule has 1 N–H and O–H groups in total. The normalized spacial score (nSPS) is 10.6. The summed E-state index contributed by atoms with van der Waals surface area (Å²) in [6.45, 7) is 5.83. The Hall–Kier alpha value is -2.81. The molecule has 3 aromatic rings. The summed E-state index contributed by atoms with van der Waals surface area (Å²) in [5.74, 6) is 1.16. The molecule has 1 heterocycles. The monoisotopic (exact) mass is 305 g/mol. The third kappa shape index (κ3) is 3.34. The van der Waals surface area contributed by atoms with Gasteiger partial charge in [-0.2, -0.15) is 0 Å². The van der Waals surface area contributed by atoms with Crippen molar-refractivity contribution in [2.75, 3.05) is 5.32 Å². The number of benzene rings is 2. The zero-order valence-electron chi connectivity index (χ0n) is 13.5. The van der Waals surface area contributed by atoms with Crippen LogP contribution in [0.25, 0.3) is 11.3 Å². The van der Waals surface area contributed by atoms with Crippen LogP contribution in [0, 0.1) is 20.8 Å². The summed E-state index contributed by atoms with van der Waals surface area (Å²) < 4.78 is 5.75. The highest BCUT2D eigenvalue weighted by Crippen LogP contribution is 2.26. The first kappa shape index (κ1) is 15.1. The highest BCUT2D eigenvalue weighted by molar-refractivity contribution is 6.05. The van der Waals surface area contributed by atoms with Crippen molar-refractivity contribution in [2.24, 2.45) is 0 Å². The molecule has 0 saturated heterocycles. The van der Waals surface area contributed by atoms with Gasteiger partial charge in [-0.1, -0.05) is 36.4 Å². The van der Waals surface area contributed by atoms with Gasteiger partial charge in [-0.15, -0.1) is 0 Å². The number of aryl methyl sites for hydroxylation is 3. The van der Waals surface area contributed by atoms with Crippen molar-refractivity contribution in [2.45, 2.75) is 20.8 Å². The average Bonchev–Trinajstić information content (AvgIpc) is 2.89. The second-order valence-electron chi connectivity index (χ2n) is 5.78. The second kappa shape index (κ2) is 6.13. The maximum Gasteiger partial charge on any atom is 0.259 e. The third-order valence-electron chi connectivity index (χ3n) is 3.70. The molecule has 1 amide bonds. The molecule has 0 radical (unpaired) electrons. The number of carbonyl (C=O) groups excluding carboxylic acids is 1. The van der Waals surface area contributed by atoms with E-state index < -0.39 is 0 Å². The van der Waals surface area contributed by atoms with E-state index in [0.29, 0.717) is 17.1 Å². The maximum absolute atomic E-state index is 12.5. The Bertz CT molecular complexity index is 827. The zero-order valence-corrected chi connectivity index (χ0v) is 13.5.